The minimum Gasteiger partial charge on any atom is -0.454 e. The first-order valence-electron chi connectivity index (χ1n) is 29.8. The second kappa shape index (κ2) is 16.8. The van der Waals surface area contributed by atoms with Crippen LogP contribution in [0.4, 0.5) is 34.1 Å². The van der Waals surface area contributed by atoms with Crippen LogP contribution in [0.15, 0.2) is 174 Å². The molecule has 0 unspecified atom stereocenters. The van der Waals surface area contributed by atoms with Crippen molar-refractivity contribution < 1.29 is 4.42 Å². The van der Waals surface area contributed by atoms with Crippen LogP contribution in [0.5, 0.6) is 0 Å². The van der Waals surface area contributed by atoms with Gasteiger partial charge in [-0.15, -0.1) is 11.3 Å². The maximum atomic E-state index is 7.09. The monoisotopic (exact) mass is 1080 g/mol. The molecule has 0 saturated carbocycles. The van der Waals surface area contributed by atoms with Crippen LogP contribution in [-0.4, -0.2) is 6.71 Å². The number of furan rings is 1. The Hall–Kier alpha value is -7.60. The summed E-state index contributed by atoms with van der Waals surface area (Å²) in [5, 5.41) is 3.57. The van der Waals surface area contributed by atoms with Crippen molar-refractivity contribution in [2.45, 2.75) is 136 Å². The fourth-order valence-electron chi connectivity index (χ4n) is 15.4. The van der Waals surface area contributed by atoms with Crippen molar-refractivity contribution in [2.24, 2.45) is 0 Å². The molecular formula is C77H73BN2OS. The number of para-hydroxylation sites is 2. The standard InChI is InChI=1S/C77H73BN2OS/c1-44-37-64-68-65(38-44)80(62-25-20-22-51-50-21-16-19-26-66(50)81-70(51)62)63-43-60-59(76(12,13)57-40-55-56(41-58(57)77(60,14)15)75(10,11)54-24-18-17-23-53(54)74(55,8)9)42-61(63)78(68)71-69(52-39-48(73(5,6)7)33-36-67(52)82-71)79(64)49-34-29-46(30-35-49)45-27-31-47(32-28-45)72(2,3)4/h16-43H,1-15H3. The van der Waals surface area contributed by atoms with Crippen LogP contribution in [0.25, 0.3) is 43.2 Å². The smallest absolute Gasteiger partial charge is 0.264 e. The lowest BCUT2D eigenvalue weighted by atomic mass is 9.35. The second-order valence-electron chi connectivity index (χ2n) is 28.7. The zero-order valence-corrected chi connectivity index (χ0v) is 51.3. The zero-order chi connectivity index (χ0) is 57.1. The molecule has 0 atom stereocenters. The minimum atomic E-state index is -0.340. The SMILES string of the molecule is Cc1cc2c3c(c1)N(c1cccc4c1oc1ccccc14)c1cc4c(cc1B3c1sc3ccc(C(C)(C)C)cc3c1N2c1ccc(-c2ccc(C(C)(C)C)cc2)cc1)C(C)(C)c1cc2c(cc1C4(C)C)C(C)(C)c1ccccc1C2(C)C. The Balaban J connectivity index is 1.01. The number of hydrogen-bond acceptors (Lipinski definition) is 4. The van der Waals surface area contributed by atoms with Gasteiger partial charge in [0.05, 0.1) is 11.4 Å². The Bertz CT molecular complexity index is 4550. The molecule has 2 aliphatic heterocycles. The summed E-state index contributed by atoms with van der Waals surface area (Å²) in [6, 6.07) is 65.9. The molecule has 2 aliphatic carbocycles. The number of hydrogen-bond donors (Lipinski definition) is 0. The molecule has 3 nitrogen and oxygen atoms in total. The summed E-state index contributed by atoms with van der Waals surface area (Å²) < 4.78 is 9.78. The molecule has 0 saturated heterocycles. The molecule has 0 radical (unpaired) electrons. The van der Waals surface area contributed by atoms with E-state index < -0.39 is 0 Å². The van der Waals surface area contributed by atoms with Gasteiger partial charge in [0.1, 0.15) is 5.58 Å². The van der Waals surface area contributed by atoms with E-state index in [1.807, 2.05) is 11.3 Å². The molecule has 11 aromatic rings. The van der Waals surface area contributed by atoms with Crippen molar-refractivity contribution in [3.8, 4) is 11.1 Å². The van der Waals surface area contributed by atoms with E-state index in [9.17, 15) is 0 Å². The lowest BCUT2D eigenvalue weighted by Crippen LogP contribution is -2.61. The lowest BCUT2D eigenvalue weighted by Gasteiger charge is -2.50. The van der Waals surface area contributed by atoms with Gasteiger partial charge in [0, 0.05) is 70.0 Å². The summed E-state index contributed by atoms with van der Waals surface area (Å²) in [6.45, 7) is 35.9. The molecule has 82 heavy (non-hydrogen) atoms. The first-order valence-corrected chi connectivity index (χ1v) is 30.6. The van der Waals surface area contributed by atoms with Gasteiger partial charge in [-0.05, 0) is 156 Å². The molecular weight excluding hydrogens is 1010 g/mol. The van der Waals surface area contributed by atoms with Gasteiger partial charge in [0.15, 0.2) is 5.58 Å². The molecule has 5 heteroatoms. The van der Waals surface area contributed by atoms with Crippen molar-refractivity contribution in [1.29, 1.82) is 0 Å². The predicted molar refractivity (Wildman–Crippen MR) is 352 cm³/mol. The molecule has 15 rings (SSSR count). The van der Waals surface area contributed by atoms with Crippen LogP contribution >= 0.6 is 11.3 Å². The average molecular weight is 1090 g/mol. The normalized spacial score (nSPS) is 16.8. The van der Waals surface area contributed by atoms with Gasteiger partial charge >= 0.3 is 0 Å². The highest BCUT2D eigenvalue weighted by Crippen LogP contribution is 2.58. The number of rotatable bonds is 3. The third-order valence-electron chi connectivity index (χ3n) is 20.1. The van der Waals surface area contributed by atoms with E-state index in [1.54, 1.807) is 0 Å². The number of anilines is 6. The van der Waals surface area contributed by atoms with E-state index in [-0.39, 0.29) is 39.2 Å². The zero-order valence-electron chi connectivity index (χ0n) is 50.5. The molecule has 2 aromatic heterocycles. The topological polar surface area (TPSA) is 19.6 Å². The summed E-state index contributed by atoms with van der Waals surface area (Å²) in [5.41, 5.74) is 28.4. The molecule has 9 aromatic carbocycles. The van der Waals surface area contributed by atoms with Crippen molar-refractivity contribution in [3.63, 3.8) is 0 Å². The van der Waals surface area contributed by atoms with E-state index >= 15 is 0 Å². The van der Waals surface area contributed by atoms with Crippen molar-refractivity contribution in [3.05, 3.63) is 231 Å². The molecule has 0 fully saturated rings. The van der Waals surface area contributed by atoms with Crippen LogP contribution in [0.2, 0.25) is 0 Å². The highest BCUT2D eigenvalue weighted by Gasteiger charge is 2.51. The average Bonchev–Trinajstić information content (AvgIpc) is 1.69. The van der Waals surface area contributed by atoms with Gasteiger partial charge in [0.2, 0.25) is 0 Å². The Labute approximate surface area is 489 Å². The van der Waals surface area contributed by atoms with Crippen LogP contribution in [-0.2, 0) is 32.5 Å². The molecule has 0 N–H and O–H groups in total. The van der Waals surface area contributed by atoms with Crippen LogP contribution in [0.3, 0.4) is 0 Å². The molecule has 4 aliphatic rings. The quantitative estimate of drug-likeness (QED) is 0.164. The van der Waals surface area contributed by atoms with Gasteiger partial charge in [-0.25, -0.2) is 0 Å². The minimum absolute atomic E-state index is 0.0364. The summed E-state index contributed by atoms with van der Waals surface area (Å²) in [5.74, 6) is 0. The van der Waals surface area contributed by atoms with Crippen molar-refractivity contribution >= 4 is 99.9 Å². The maximum absolute atomic E-state index is 7.09. The van der Waals surface area contributed by atoms with E-state index in [2.05, 4.69) is 284 Å². The number of nitrogens with zero attached hydrogens (tertiary/aromatic N) is 2. The molecule has 0 spiro atoms. The second-order valence-corrected chi connectivity index (χ2v) is 29.8. The third kappa shape index (κ3) is 7.01. The Morgan fingerprint density at radius 2 is 0.939 bits per heavy atom. The van der Waals surface area contributed by atoms with E-state index in [4.69, 9.17) is 4.42 Å². The Morgan fingerprint density at radius 1 is 0.427 bits per heavy atom. The van der Waals surface area contributed by atoms with Gasteiger partial charge < -0.3 is 14.2 Å². The van der Waals surface area contributed by atoms with E-state index in [0.29, 0.717) is 0 Å². The Kier molecular flexibility index (Phi) is 10.5. The highest BCUT2D eigenvalue weighted by molar-refractivity contribution is 7.33. The molecule has 0 bridgehead atoms. The van der Waals surface area contributed by atoms with Crippen LogP contribution < -0.4 is 25.5 Å². The lowest BCUT2D eigenvalue weighted by molar-refractivity contribution is 0.492. The van der Waals surface area contributed by atoms with E-state index in [0.717, 1.165) is 33.3 Å². The fraction of sp³-hybridized carbons (Fsp3) is 0.273. The number of benzene rings is 9. The third-order valence-corrected chi connectivity index (χ3v) is 21.3. The summed E-state index contributed by atoms with van der Waals surface area (Å²) >= 11 is 1.99. The van der Waals surface area contributed by atoms with Gasteiger partial charge in [-0.2, -0.15) is 0 Å². The first kappa shape index (κ1) is 51.3. The van der Waals surface area contributed by atoms with Gasteiger partial charge in [-0.1, -0.05) is 212 Å². The molecule has 406 valence electrons. The maximum Gasteiger partial charge on any atom is 0.264 e. The van der Waals surface area contributed by atoms with E-state index in [1.165, 1.54) is 121 Å². The summed E-state index contributed by atoms with van der Waals surface area (Å²) in [7, 11) is 0. The van der Waals surface area contributed by atoms with Crippen LogP contribution in [0, 0.1) is 6.92 Å². The summed E-state index contributed by atoms with van der Waals surface area (Å²) in [4.78, 5) is 5.24. The summed E-state index contributed by atoms with van der Waals surface area (Å²) in [6.07, 6.45) is 0. The van der Waals surface area contributed by atoms with Gasteiger partial charge in [0.25, 0.3) is 6.71 Å². The van der Waals surface area contributed by atoms with Crippen molar-refractivity contribution in [2.75, 3.05) is 9.80 Å². The predicted octanol–water partition coefficient (Wildman–Crippen LogP) is 19.4. The largest absolute Gasteiger partial charge is 0.454 e. The number of thiophene rings is 1. The highest BCUT2D eigenvalue weighted by atomic mass is 32.1. The van der Waals surface area contributed by atoms with Crippen LogP contribution in [0.1, 0.15) is 158 Å². The first-order chi connectivity index (χ1) is 38.8. The van der Waals surface area contributed by atoms with Gasteiger partial charge in [-0.3, -0.25) is 0 Å². The number of aryl methyl sites for hydroxylation is 1. The number of fused-ring (bicyclic) bond motifs is 13. The fourth-order valence-corrected chi connectivity index (χ4v) is 16.7. The molecule has 0 amide bonds. The molecule has 4 heterocycles. The Morgan fingerprint density at radius 3 is 1.55 bits per heavy atom. The van der Waals surface area contributed by atoms with Crippen molar-refractivity contribution in [1.82, 2.24) is 0 Å².